The van der Waals surface area contributed by atoms with Crippen molar-refractivity contribution in [2.45, 2.75) is 24.3 Å². The minimum Gasteiger partial charge on any atom is -0.266 e. The van der Waals surface area contributed by atoms with E-state index in [1.165, 1.54) is 12.3 Å². The molecule has 0 unspecified atom stereocenters. The molecule has 0 aromatic carbocycles. The molecule has 1 aliphatic carbocycles. The van der Waals surface area contributed by atoms with Crippen LogP contribution in [-0.2, 0) is 10.0 Å². The maximum Gasteiger partial charge on any atom is 0.257 e. The molecule has 0 aliphatic heterocycles. The van der Waals surface area contributed by atoms with Gasteiger partial charge in [0.15, 0.2) is 5.03 Å². The van der Waals surface area contributed by atoms with Gasteiger partial charge in [0.2, 0.25) is 0 Å². The van der Waals surface area contributed by atoms with E-state index in [2.05, 4.69) is 14.9 Å². The van der Waals surface area contributed by atoms with Crippen LogP contribution in [0.4, 0.5) is 0 Å². The highest BCUT2D eigenvalue weighted by Crippen LogP contribution is 2.48. The van der Waals surface area contributed by atoms with Crippen LogP contribution in [0.1, 0.15) is 19.3 Å². The molecule has 1 aromatic rings. The Kier molecular flexibility index (Phi) is 3.23. The summed E-state index contributed by atoms with van der Waals surface area (Å²) < 4.78 is 26.1. The van der Waals surface area contributed by atoms with Gasteiger partial charge in [-0.25, -0.2) is 13.1 Å². The SMILES string of the molecule is O=S(=O)(NCC1(CCCl)CC1)c1ccn[nH]1. The standard InChI is InChI=1S/C9H14ClN3O2S/c10-5-4-9(2-3-9)7-12-16(14,15)8-1-6-11-13-8/h1,6,12H,2-5,7H2,(H,11,13). The highest BCUT2D eigenvalue weighted by molar-refractivity contribution is 7.89. The largest absolute Gasteiger partial charge is 0.266 e. The summed E-state index contributed by atoms with van der Waals surface area (Å²) in [5.74, 6) is 0.575. The monoisotopic (exact) mass is 263 g/mol. The molecule has 2 N–H and O–H groups in total. The minimum absolute atomic E-state index is 0.0921. The van der Waals surface area contributed by atoms with Gasteiger partial charge in [-0.1, -0.05) is 0 Å². The lowest BCUT2D eigenvalue weighted by Gasteiger charge is -2.13. The number of sulfonamides is 1. The topological polar surface area (TPSA) is 74.8 Å². The zero-order valence-corrected chi connectivity index (χ0v) is 10.3. The molecule has 1 heterocycles. The van der Waals surface area contributed by atoms with Crippen molar-refractivity contribution >= 4 is 21.6 Å². The average Bonchev–Trinajstić information content (AvgIpc) is 2.81. The summed E-state index contributed by atoms with van der Waals surface area (Å²) in [6.45, 7) is 0.459. The summed E-state index contributed by atoms with van der Waals surface area (Å²) in [5, 5.41) is 6.16. The Morgan fingerprint density at radius 2 is 2.31 bits per heavy atom. The van der Waals surface area contributed by atoms with Gasteiger partial charge in [0.25, 0.3) is 10.0 Å². The first-order valence-electron chi connectivity index (χ1n) is 5.13. The Morgan fingerprint density at radius 1 is 1.56 bits per heavy atom. The number of H-pyrrole nitrogens is 1. The third kappa shape index (κ3) is 2.56. The molecule has 1 fully saturated rings. The molecule has 90 valence electrons. The normalized spacial score (nSPS) is 18.6. The number of rotatable bonds is 6. The predicted octanol–water partition coefficient (Wildman–Crippen LogP) is 1.10. The van der Waals surface area contributed by atoms with Crippen LogP contribution in [0.15, 0.2) is 17.3 Å². The van der Waals surface area contributed by atoms with Crippen molar-refractivity contribution in [2.24, 2.45) is 5.41 Å². The number of nitrogens with one attached hydrogen (secondary N) is 2. The maximum atomic E-state index is 11.8. The van der Waals surface area contributed by atoms with Crippen LogP contribution in [-0.4, -0.2) is 31.0 Å². The predicted molar refractivity (Wildman–Crippen MR) is 60.8 cm³/mol. The highest BCUT2D eigenvalue weighted by Gasteiger charge is 2.42. The first kappa shape index (κ1) is 11.9. The van der Waals surface area contributed by atoms with Crippen LogP contribution >= 0.6 is 11.6 Å². The average molecular weight is 264 g/mol. The van der Waals surface area contributed by atoms with Crippen molar-refractivity contribution in [3.8, 4) is 0 Å². The lowest BCUT2D eigenvalue weighted by Crippen LogP contribution is -2.30. The summed E-state index contributed by atoms with van der Waals surface area (Å²) >= 11 is 5.68. The lowest BCUT2D eigenvalue weighted by molar-refractivity contribution is 0.477. The molecule has 1 aliphatic rings. The molecular formula is C9H14ClN3O2S. The summed E-state index contributed by atoms with van der Waals surface area (Å²) in [4.78, 5) is 0. The number of alkyl halides is 1. The van der Waals surface area contributed by atoms with Crippen molar-refractivity contribution in [1.82, 2.24) is 14.9 Å². The minimum atomic E-state index is -3.44. The van der Waals surface area contributed by atoms with E-state index in [4.69, 9.17) is 11.6 Å². The Hall–Kier alpha value is -0.590. The zero-order chi connectivity index (χ0) is 11.6. The Balaban J connectivity index is 1.96. The van der Waals surface area contributed by atoms with E-state index in [1.54, 1.807) is 0 Å². The van der Waals surface area contributed by atoms with E-state index >= 15 is 0 Å². The molecule has 1 aromatic heterocycles. The molecule has 0 spiro atoms. The van der Waals surface area contributed by atoms with Crippen LogP contribution in [0.2, 0.25) is 0 Å². The van der Waals surface area contributed by atoms with Crippen LogP contribution in [0.25, 0.3) is 0 Å². The van der Waals surface area contributed by atoms with Gasteiger partial charge in [-0.15, -0.1) is 11.6 Å². The Bertz CT molecular complexity index is 439. The number of hydrogen-bond donors (Lipinski definition) is 2. The molecule has 0 bridgehead atoms. The fraction of sp³-hybridized carbons (Fsp3) is 0.667. The van der Waals surface area contributed by atoms with Crippen LogP contribution in [0, 0.1) is 5.41 Å². The van der Waals surface area contributed by atoms with Crippen molar-refractivity contribution in [3.05, 3.63) is 12.3 Å². The number of aromatic nitrogens is 2. The second-order valence-electron chi connectivity index (χ2n) is 4.18. The molecule has 0 amide bonds. The Labute approximate surface area is 99.6 Å². The van der Waals surface area contributed by atoms with Crippen LogP contribution in [0.3, 0.4) is 0 Å². The van der Waals surface area contributed by atoms with E-state index in [-0.39, 0.29) is 10.4 Å². The van der Waals surface area contributed by atoms with Gasteiger partial charge < -0.3 is 0 Å². The van der Waals surface area contributed by atoms with E-state index in [0.717, 1.165) is 19.3 Å². The second-order valence-corrected chi connectivity index (χ2v) is 6.30. The fourth-order valence-electron chi connectivity index (χ4n) is 1.61. The van der Waals surface area contributed by atoms with Crippen LogP contribution in [0.5, 0.6) is 0 Å². The summed E-state index contributed by atoms with van der Waals surface area (Å²) in [7, 11) is -3.44. The van der Waals surface area contributed by atoms with E-state index in [0.29, 0.717) is 12.4 Å². The van der Waals surface area contributed by atoms with Crippen LogP contribution < -0.4 is 4.72 Å². The van der Waals surface area contributed by atoms with Gasteiger partial charge in [0.05, 0.1) is 6.20 Å². The van der Waals surface area contributed by atoms with Gasteiger partial charge in [-0.05, 0) is 30.7 Å². The van der Waals surface area contributed by atoms with E-state index in [9.17, 15) is 8.42 Å². The molecule has 7 heteroatoms. The molecule has 16 heavy (non-hydrogen) atoms. The molecule has 0 saturated heterocycles. The van der Waals surface area contributed by atoms with Gasteiger partial charge in [-0.3, -0.25) is 5.10 Å². The summed E-state index contributed by atoms with van der Waals surface area (Å²) in [6.07, 6.45) is 4.37. The summed E-state index contributed by atoms with van der Waals surface area (Å²) in [5.41, 5.74) is 0.0921. The molecular weight excluding hydrogens is 250 g/mol. The first-order valence-corrected chi connectivity index (χ1v) is 7.15. The van der Waals surface area contributed by atoms with Crippen molar-refractivity contribution in [2.75, 3.05) is 12.4 Å². The zero-order valence-electron chi connectivity index (χ0n) is 8.74. The second kappa shape index (κ2) is 4.35. The van der Waals surface area contributed by atoms with Gasteiger partial charge in [0, 0.05) is 12.4 Å². The molecule has 0 atom stereocenters. The highest BCUT2D eigenvalue weighted by atomic mass is 35.5. The quantitative estimate of drug-likeness (QED) is 0.755. The summed E-state index contributed by atoms with van der Waals surface area (Å²) in [6, 6.07) is 1.43. The van der Waals surface area contributed by atoms with E-state index < -0.39 is 10.0 Å². The number of aromatic amines is 1. The molecule has 5 nitrogen and oxygen atoms in total. The van der Waals surface area contributed by atoms with E-state index in [1.807, 2.05) is 0 Å². The third-order valence-electron chi connectivity index (χ3n) is 2.98. The Morgan fingerprint density at radius 3 is 2.81 bits per heavy atom. The van der Waals surface area contributed by atoms with Gasteiger partial charge >= 0.3 is 0 Å². The molecule has 1 saturated carbocycles. The molecule has 0 radical (unpaired) electrons. The lowest BCUT2D eigenvalue weighted by atomic mass is 10.1. The fourth-order valence-corrected chi connectivity index (χ4v) is 3.08. The van der Waals surface area contributed by atoms with Gasteiger partial charge in [-0.2, -0.15) is 5.10 Å². The van der Waals surface area contributed by atoms with Crippen molar-refractivity contribution in [1.29, 1.82) is 0 Å². The number of halogens is 1. The number of nitrogens with zero attached hydrogens (tertiary/aromatic N) is 1. The number of hydrogen-bond acceptors (Lipinski definition) is 3. The van der Waals surface area contributed by atoms with Gasteiger partial charge in [0.1, 0.15) is 0 Å². The third-order valence-corrected chi connectivity index (χ3v) is 4.50. The van der Waals surface area contributed by atoms with Crippen molar-refractivity contribution < 1.29 is 8.42 Å². The first-order chi connectivity index (χ1) is 7.58. The molecule has 2 rings (SSSR count). The maximum absolute atomic E-state index is 11.8. The van der Waals surface area contributed by atoms with Crippen molar-refractivity contribution in [3.63, 3.8) is 0 Å². The smallest absolute Gasteiger partial charge is 0.257 e.